The Labute approximate surface area is 117 Å². The van der Waals surface area contributed by atoms with E-state index in [2.05, 4.69) is 37.0 Å². The molecule has 0 radical (unpaired) electrons. The largest absolute Gasteiger partial charge is 0.393 e. The van der Waals surface area contributed by atoms with Crippen LogP contribution < -0.4 is 0 Å². The average molecular weight is 262 g/mol. The summed E-state index contributed by atoms with van der Waals surface area (Å²) in [5, 5.41) is 9.62. The zero-order valence-corrected chi connectivity index (χ0v) is 11.7. The van der Waals surface area contributed by atoms with Crippen LogP contribution in [0.25, 0.3) is 0 Å². The molecule has 0 aromatic heterocycles. The van der Waals surface area contributed by atoms with Crippen molar-refractivity contribution in [3.05, 3.63) is 49.1 Å². The van der Waals surface area contributed by atoms with Crippen molar-refractivity contribution in [2.45, 2.75) is 51.0 Å². The van der Waals surface area contributed by atoms with E-state index in [0.717, 1.165) is 44.8 Å². The number of rotatable bonds is 12. The molecule has 2 nitrogen and oxygen atoms in total. The molecular formula is C17H26O2. The van der Waals surface area contributed by atoms with Gasteiger partial charge in [0.25, 0.3) is 0 Å². The number of aliphatic hydroxyl groups is 1. The number of hydrogen-bond donors (Lipinski definition) is 1. The number of aldehydes is 1. The molecule has 0 amide bonds. The van der Waals surface area contributed by atoms with Crippen molar-refractivity contribution in [1.29, 1.82) is 0 Å². The molecule has 0 unspecified atom stereocenters. The molecular weight excluding hydrogens is 236 g/mol. The van der Waals surface area contributed by atoms with Gasteiger partial charge in [-0.3, -0.25) is 0 Å². The molecule has 0 aliphatic rings. The molecule has 0 heterocycles. The highest BCUT2D eigenvalue weighted by Crippen LogP contribution is 2.06. The van der Waals surface area contributed by atoms with Gasteiger partial charge in [-0.25, -0.2) is 0 Å². The lowest BCUT2D eigenvalue weighted by molar-refractivity contribution is -0.108. The number of allylic oxidation sites excluding steroid dienone is 7. The van der Waals surface area contributed by atoms with Gasteiger partial charge in [0, 0.05) is 6.42 Å². The predicted molar refractivity (Wildman–Crippen MR) is 82.0 cm³/mol. The summed E-state index contributed by atoms with van der Waals surface area (Å²) < 4.78 is 0. The second-order valence-corrected chi connectivity index (χ2v) is 4.41. The molecule has 1 atom stereocenters. The number of carbonyl (C=O) groups excluding carboxylic acids is 1. The molecule has 19 heavy (non-hydrogen) atoms. The number of hydrogen-bond acceptors (Lipinski definition) is 2. The summed E-state index contributed by atoms with van der Waals surface area (Å²) in [5.74, 6) is 0. The normalized spacial score (nSPS) is 13.5. The van der Waals surface area contributed by atoms with Crippen molar-refractivity contribution in [3.8, 4) is 0 Å². The second-order valence-electron chi connectivity index (χ2n) is 4.41. The Balaban J connectivity index is 3.44. The molecule has 0 aromatic carbocycles. The maximum Gasteiger partial charge on any atom is 0.119 e. The van der Waals surface area contributed by atoms with Crippen molar-refractivity contribution in [1.82, 2.24) is 0 Å². The van der Waals surface area contributed by atoms with E-state index in [1.807, 2.05) is 6.08 Å². The van der Waals surface area contributed by atoms with Gasteiger partial charge in [-0.05, 0) is 38.5 Å². The standard InChI is InChI=1S/C17H26O2/c1-2-3-4-5-6-7-8-9-10-11-14-17(19)15-12-13-16-18/h2-4,6-7,9-10,16-17,19H,1,5,8,11-15H2/b4-3-,7-6-,10-9-/t17-/m1/s1. The SMILES string of the molecule is C=C/C=C\C/C=C\C/C=C\CC[C@@H](O)CCCC=O. The Morgan fingerprint density at radius 2 is 1.63 bits per heavy atom. The zero-order valence-electron chi connectivity index (χ0n) is 11.7. The van der Waals surface area contributed by atoms with Crippen molar-refractivity contribution in [3.63, 3.8) is 0 Å². The average Bonchev–Trinajstić information content (AvgIpc) is 2.41. The smallest absolute Gasteiger partial charge is 0.119 e. The number of unbranched alkanes of at least 4 members (excludes halogenated alkanes) is 1. The quantitative estimate of drug-likeness (QED) is 0.248. The molecule has 0 spiro atoms. The topological polar surface area (TPSA) is 37.3 Å². The summed E-state index contributed by atoms with van der Waals surface area (Å²) in [4.78, 5) is 10.1. The van der Waals surface area contributed by atoms with Crippen molar-refractivity contribution < 1.29 is 9.90 Å². The summed E-state index contributed by atoms with van der Waals surface area (Å²) in [6, 6.07) is 0. The Kier molecular flexibility index (Phi) is 13.6. The van der Waals surface area contributed by atoms with Crippen LogP contribution in [0.5, 0.6) is 0 Å². The van der Waals surface area contributed by atoms with Crippen molar-refractivity contribution in [2.24, 2.45) is 0 Å². The summed E-state index contributed by atoms with van der Waals surface area (Å²) in [7, 11) is 0. The zero-order chi connectivity index (χ0) is 14.2. The van der Waals surface area contributed by atoms with E-state index in [-0.39, 0.29) is 6.10 Å². The summed E-state index contributed by atoms with van der Waals surface area (Å²) >= 11 is 0. The van der Waals surface area contributed by atoms with E-state index in [9.17, 15) is 9.90 Å². The minimum Gasteiger partial charge on any atom is -0.393 e. The van der Waals surface area contributed by atoms with Crippen LogP contribution in [-0.4, -0.2) is 17.5 Å². The van der Waals surface area contributed by atoms with Gasteiger partial charge in [0.2, 0.25) is 0 Å². The van der Waals surface area contributed by atoms with Gasteiger partial charge in [0.05, 0.1) is 6.10 Å². The van der Waals surface area contributed by atoms with Crippen LogP contribution in [-0.2, 0) is 4.79 Å². The van der Waals surface area contributed by atoms with Crippen LogP contribution in [0.15, 0.2) is 49.1 Å². The summed E-state index contributed by atoms with van der Waals surface area (Å²) in [6.07, 6.45) is 20.5. The lowest BCUT2D eigenvalue weighted by Crippen LogP contribution is -2.05. The van der Waals surface area contributed by atoms with E-state index in [0.29, 0.717) is 6.42 Å². The molecule has 0 saturated heterocycles. The van der Waals surface area contributed by atoms with Gasteiger partial charge < -0.3 is 9.90 Å². The third kappa shape index (κ3) is 14.5. The van der Waals surface area contributed by atoms with Gasteiger partial charge in [-0.2, -0.15) is 0 Å². The molecule has 0 aliphatic carbocycles. The van der Waals surface area contributed by atoms with Crippen molar-refractivity contribution >= 4 is 6.29 Å². The van der Waals surface area contributed by atoms with Crippen LogP contribution in [0.3, 0.4) is 0 Å². The molecule has 0 aliphatic heterocycles. The lowest BCUT2D eigenvalue weighted by atomic mass is 10.1. The van der Waals surface area contributed by atoms with E-state index < -0.39 is 0 Å². The van der Waals surface area contributed by atoms with E-state index in [1.165, 1.54) is 0 Å². The third-order valence-corrected chi connectivity index (χ3v) is 2.68. The summed E-state index contributed by atoms with van der Waals surface area (Å²) in [5.41, 5.74) is 0. The van der Waals surface area contributed by atoms with Crippen LogP contribution in [0.2, 0.25) is 0 Å². The first-order valence-corrected chi connectivity index (χ1v) is 7.00. The maximum atomic E-state index is 10.1. The molecule has 2 heteroatoms. The van der Waals surface area contributed by atoms with Crippen LogP contribution in [0, 0.1) is 0 Å². The minimum atomic E-state index is -0.274. The predicted octanol–water partition coefficient (Wildman–Crippen LogP) is 4.13. The molecule has 0 fully saturated rings. The first kappa shape index (κ1) is 17.6. The van der Waals surface area contributed by atoms with Gasteiger partial charge in [0.15, 0.2) is 0 Å². The number of carbonyl (C=O) groups is 1. The van der Waals surface area contributed by atoms with E-state index in [1.54, 1.807) is 6.08 Å². The molecule has 0 aromatic rings. The lowest BCUT2D eigenvalue weighted by Gasteiger charge is -2.06. The Morgan fingerprint density at radius 3 is 2.32 bits per heavy atom. The molecule has 106 valence electrons. The molecule has 0 bridgehead atoms. The fourth-order valence-electron chi connectivity index (χ4n) is 1.61. The fraction of sp³-hybridized carbons (Fsp3) is 0.471. The molecule has 0 saturated carbocycles. The highest BCUT2D eigenvalue weighted by molar-refractivity contribution is 5.48. The second kappa shape index (κ2) is 14.7. The van der Waals surface area contributed by atoms with E-state index in [4.69, 9.17) is 0 Å². The van der Waals surface area contributed by atoms with Gasteiger partial charge >= 0.3 is 0 Å². The van der Waals surface area contributed by atoms with Gasteiger partial charge in [0.1, 0.15) is 6.29 Å². The van der Waals surface area contributed by atoms with Gasteiger partial charge in [-0.1, -0.05) is 49.1 Å². The van der Waals surface area contributed by atoms with Crippen LogP contribution in [0.1, 0.15) is 44.9 Å². The van der Waals surface area contributed by atoms with Crippen molar-refractivity contribution in [2.75, 3.05) is 0 Å². The van der Waals surface area contributed by atoms with Crippen LogP contribution >= 0.6 is 0 Å². The Morgan fingerprint density at radius 1 is 0.947 bits per heavy atom. The van der Waals surface area contributed by atoms with Gasteiger partial charge in [-0.15, -0.1) is 0 Å². The maximum absolute atomic E-state index is 10.1. The monoisotopic (exact) mass is 262 g/mol. The molecule has 1 N–H and O–H groups in total. The third-order valence-electron chi connectivity index (χ3n) is 2.68. The summed E-state index contributed by atoms with van der Waals surface area (Å²) in [6.45, 7) is 3.61. The first-order chi connectivity index (χ1) is 9.31. The highest BCUT2D eigenvalue weighted by Gasteiger charge is 2.01. The fourth-order valence-corrected chi connectivity index (χ4v) is 1.61. The first-order valence-electron chi connectivity index (χ1n) is 7.00. The van der Waals surface area contributed by atoms with Crippen LogP contribution in [0.4, 0.5) is 0 Å². The minimum absolute atomic E-state index is 0.274. The Bertz CT molecular complexity index is 300. The number of aliphatic hydroxyl groups excluding tert-OH is 1. The van der Waals surface area contributed by atoms with E-state index >= 15 is 0 Å². The Hall–Kier alpha value is -1.41. The molecule has 0 rings (SSSR count). The highest BCUT2D eigenvalue weighted by atomic mass is 16.3.